The first kappa shape index (κ1) is 13.0. The van der Waals surface area contributed by atoms with Crippen molar-refractivity contribution in [2.75, 3.05) is 0 Å². The van der Waals surface area contributed by atoms with E-state index < -0.39 is 0 Å². The fraction of sp³-hybridized carbons (Fsp3) is 0.235. The van der Waals surface area contributed by atoms with Crippen molar-refractivity contribution in [3.8, 4) is 11.1 Å². The van der Waals surface area contributed by atoms with Gasteiger partial charge in [0.1, 0.15) is 0 Å². The molecule has 0 amide bonds. The molecule has 5 nitrogen and oxygen atoms in total. The molecular formula is C17H17N5. The van der Waals surface area contributed by atoms with E-state index in [1.165, 1.54) is 11.1 Å². The van der Waals surface area contributed by atoms with Gasteiger partial charge in [-0.3, -0.25) is 9.36 Å². The zero-order valence-electron chi connectivity index (χ0n) is 13.1. The van der Waals surface area contributed by atoms with Crippen LogP contribution in [0.2, 0.25) is 0 Å². The fourth-order valence-corrected chi connectivity index (χ4v) is 3.25. The standard InChI is InChI=1S/C17H17N5/c1-10-13-15(12-8-6-5-7-9-12)14-11(2)20-22(4)17(14)18-16(13)21(3)19-10/h5-9H,1-4H3. The maximum absolute atomic E-state index is 4.81. The number of benzene rings is 1. The summed E-state index contributed by atoms with van der Waals surface area (Å²) in [6, 6.07) is 10.4. The Morgan fingerprint density at radius 2 is 1.27 bits per heavy atom. The van der Waals surface area contributed by atoms with E-state index in [1.54, 1.807) is 0 Å². The molecule has 0 bridgehead atoms. The molecule has 0 radical (unpaired) electrons. The third-order valence-electron chi connectivity index (χ3n) is 4.16. The van der Waals surface area contributed by atoms with Crippen LogP contribution < -0.4 is 0 Å². The first-order valence-electron chi connectivity index (χ1n) is 7.30. The zero-order valence-corrected chi connectivity index (χ0v) is 13.1. The lowest BCUT2D eigenvalue weighted by atomic mass is 9.98. The van der Waals surface area contributed by atoms with E-state index in [2.05, 4.69) is 34.5 Å². The molecule has 0 aliphatic rings. The minimum atomic E-state index is 0.895. The molecule has 0 saturated carbocycles. The average molecular weight is 291 g/mol. The van der Waals surface area contributed by atoms with Crippen molar-refractivity contribution in [2.45, 2.75) is 13.8 Å². The number of fused-ring (bicyclic) bond motifs is 2. The second kappa shape index (κ2) is 4.40. The van der Waals surface area contributed by atoms with E-state index in [0.717, 1.165) is 33.5 Å². The molecule has 0 unspecified atom stereocenters. The van der Waals surface area contributed by atoms with Crippen LogP contribution in [0.15, 0.2) is 30.3 Å². The number of hydrogen-bond donors (Lipinski definition) is 0. The van der Waals surface area contributed by atoms with Crippen molar-refractivity contribution in [1.29, 1.82) is 0 Å². The molecular weight excluding hydrogens is 274 g/mol. The summed E-state index contributed by atoms with van der Waals surface area (Å²) in [7, 11) is 3.87. The van der Waals surface area contributed by atoms with Gasteiger partial charge in [-0.05, 0) is 19.4 Å². The van der Waals surface area contributed by atoms with Crippen molar-refractivity contribution in [2.24, 2.45) is 14.1 Å². The van der Waals surface area contributed by atoms with E-state index in [-0.39, 0.29) is 0 Å². The van der Waals surface area contributed by atoms with Gasteiger partial charge in [0.25, 0.3) is 0 Å². The molecule has 0 aliphatic heterocycles. The minimum absolute atomic E-state index is 0.895. The summed E-state index contributed by atoms with van der Waals surface area (Å²) in [4.78, 5) is 4.81. The monoisotopic (exact) mass is 291 g/mol. The van der Waals surface area contributed by atoms with Gasteiger partial charge in [0.05, 0.1) is 22.2 Å². The lowest BCUT2D eigenvalue weighted by Gasteiger charge is -2.07. The van der Waals surface area contributed by atoms with Crippen LogP contribution in [0.1, 0.15) is 11.4 Å². The maximum atomic E-state index is 4.81. The van der Waals surface area contributed by atoms with E-state index in [4.69, 9.17) is 4.98 Å². The zero-order chi connectivity index (χ0) is 15.4. The highest BCUT2D eigenvalue weighted by Gasteiger charge is 2.20. The molecule has 22 heavy (non-hydrogen) atoms. The van der Waals surface area contributed by atoms with Crippen molar-refractivity contribution in [1.82, 2.24) is 24.5 Å². The van der Waals surface area contributed by atoms with Crippen LogP contribution in [0, 0.1) is 13.8 Å². The largest absolute Gasteiger partial charge is 0.250 e. The van der Waals surface area contributed by atoms with Gasteiger partial charge in [0, 0.05) is 19.7 Å². The van der Waals surface area contributed by atoms with E-state index >= 15 is 0 Å². The number of rotatable bonds is 1. The van der Waals surface area contributed by atoms with E-state index in [9.17, 15) is 0 Å². The van der Waals surface area contributed by atoms with Crippen LogP contribution in [0.25, 0.3) is 33.2 Å². The van der Waals surface area contributed by atoms with Crippen LogP contribution in [0.4, 0.5) is 0 Å². The first-order chi connectivity index (χ1) is 10.6. The molecule has 5 heteroatoms. The quantitative estimate of drug-likeness (QED) is 0.541. The molecule has 0 N–H and O–H groups in total. The van der Waals surface area contributed by atoms with Gasteiger partial charge in [-0.1, -0.05) is 30.3 Å². The van der Waals surface area contributed by atoms with E-state index in [1.807, 2.05) is 43.4 Å². The highest BCUT2D eigenvalue weighted by molar-refractivity contribution is 6.09. The Balaban J connectivity index is 2.31. The molecule has 110 valence electrons. The fourth-order valence-electron chi connectivity index (χ4n) is 3.25. The third-order valence-corrected chi connectivity index (χ3v) is 4.16. The van der Waals surface area contributed by atoms with Crippen molar-refractivity contribution >= 4 is 22.1 Å². The Hall–Kier alpha value is -2.69. The Morgan fingerprint density at radius 3 is 1.77 bits per heavy atom. The molecule has 1 aromatic carbocycles. The molecule has 0 atom stereocenters. The second-order valence-electron chi connectivity index (χ2n) is 5.67. The number of hydrogen-bond acceptors (Lipinski definition) is 3. The number of pyridine rings is 1. The average Bonchev–Trinajstić information content (AvgIpc) is 2.96. The Kier molecular flexibility index (Phi) is 2.60. The molecule has 4 rings (SSSR count). The Bertz CT molecular complexity index is 948. The second-order valence-corrected chi connectivity index (χ2v) is 5.67. The number of aromatic nitrogens is 5. The Morgan fingerprint density at radius 1 is 0.773 bits per heavy atom. The van der Waals surface area contributed by atoms with Gasteiger partial charge in [-0.25, -0.2) is 4.98 Å². The minimum Gasteiger partial charge on any atom is -0.250 e. The molecule has 3 heterocycles. The van der Waals surface area contributed by atoms with Crippen LogP contribution in [-0.4, -0.2) is 24.5 Å². The van der Waals surface area contributed by atoms with Gasteiger partial charge in [0.2, 0.25) is 0 Å². The van der Waals surface area contributed by atoms with Gasteiger partial charge < -0.3 is 0 Å². The summed E-state index contributed by atoms with van der Waals surface area (Å²) in [5, 5.41) is 11.3. The summed E-state index contributed by atoms with van der Waals surface area (Å²) in [6.07, 6.45) is 0. The van der Waals surface area contributed by atoms with Crippen LogP contribution in [0.5, 0.6) is 0 Å². The predicted molar refractivity (Wildman–Crippen MR) is 87.7 cm³/mol. The van der Waals surface area contributed by atoms with Crippen molar-refractivity contribution in [3.05, 3.63) is 41.7 Å². The summed E-state index contributed by atoms with van der Waals surface area (Å²) < 4.78 is 3.69. The highest BCUT2D eigenvalue weighted by Crippen LogP contribution is 2.37. The van der Waals surface area contributed by atoms with Gasteiger partial charge >= 0.3 is 0 Å². The van der Waals surface area contributed by atoms with Gasteiger partial charge in [0.15, 0.2) is 11.3 Å². The topological polar surface area (TPSA) is 48.5 Å². The van der Waals surface area contributed by atoms with Gasteiger partial charge in [-0.15, -0.1) is 0 Å². The number of nitrogens with zero attached hydrogens (tertiary/aromatic N) is 5. The molecule has 0 fully saturated rings. The van der Waals surface area contributed by atoms with Gasteiger partial charge in [-0.2, -0.15) is 10.2 Å². The lowest BCUT2D eigenvalue weighted by Crippen LogP contribution is -1.96. The highest BCUT2D eigenvalue weighted by atomic mass is 15.3. The molecule has 4 aromatic rings. The van der Waals surface area contributed by atoms with Crippen LogP contribution >= 0.6 is 0 Å². The normalized spacial score (nSPS) is 11.6. The Labute approximate surface area is 128 Å². The summed E-state index contributed by atoms with van der Waals surface area (Å²) in [5.41, 5.74) is 6.13. The summed E-state index contributed by atoms with van der Waals surface area (Å²) in [6.45, 7) is 4.07. The summed E-state index contributed by atoms with van der Waals surface area (Å²) in [5.74, 6) is 0. The van der Waals surface area contributed by atoms with Crippen molar-refractivity contribution in [3.63, 3.8) is 0 Å². The predicted octanol–water partition coefficient (Wildman–Crippen LogP) is 3.14. The lowest BCUT2D eigenvalue weighted by molar-refractivity contribution is 0.760. The molecule has 0 saturated heterocycles. The molecule has 3 aromatic heterocycles. The van der Waals surface area contributed by atoms with Crippen LogP contribution in [0.3, 0.4) is 0 Å². The summed E-state index contributed by atoms with van der Waals surface area (Å²) >= 11 is 0. The first-order valence-corrected chi connectivity index (χ1v) is 7.30. The third kappa shape index (κ3) is 1.62. The molecule has 0 aliphatic carbocycles. The SMILES string of the molecule is Cc1nn(C)c2nc3c(c(C)nn3C)c(-c3ccccc3)c12. The molecule has 0 spiro atoms. The van der Waals surface area contributed by atoms with Crippen molar-refractivity contribution < 1.29 is 0 Å². The number of aryl methyl sites for hydroxylation is 4. The van der Waals surface area contributed by atoms with Crippen LogP contribution in [-0.2, 0) is 14.1 Å². The van der Waals surface area contributed by atoms with E-state index in [0.29, 0.717) is 0 Å². The maximum Gasteiger partial charge on any atom is 0.160 e. The smallest absolute Gasteiger partial charge is 0.160 e.